The third kappa shape index (κ3) is 4.49. The molecule has 2 aromatic carbocycles. The van der Waals surface area contributed by atoms with E-state index in [0.717, 1.165) is 18.7 Å². The third-order valence-corrected chi connectivity index (χ3v) is 5.41. The second-order valence-electron chi connectivity index (χ2n) is 6.97. The molecule has 1 unspecified atom stereocenters. The molecule has 1 saturated heterocycles. The van der Waals surface area contributed by atoms with Gasteiger partial charge in [-0.1, -0.05) is 41.9 Å². The van der Waals surface area contributed by atoms with E-state index in [0.29, 0.717) is 29.8 Å². The number of hydrogen-bond donors (Lipinski definition) is 1. The van der Waals surface area contributed by atoms with E-state index in [1.165, 1.54) is 0 Å². The second kappa shape index (κ2) is 7.69. The Labute approximate surface area is 154 Å². The highest BCUT2D eigenvalue weighted by molar-refractivity contribution is 6.30. The van der Waals surface area contributed by atoms with Gasteiger partial charge in [-0.3, -0.25) is 9.69 Å². The number of benzene rings is 2. The minimum Gasteiger partial charge on any atom is -0.389 e. The van der Waals surface area contributed by atoms with Crippen molar-refractivity contribution in [2.75, 3.05) is 13.1 Å². The summed E-state index contributed by atoms with van der Waals surface area (Å²) in [5, 5.41) is 11.5. The van der Waals surface area contributed by atoms with E-state index in [1.54, 1.807) is 24.3 Å². The summed E-state index contributed by atoms with van der Waals surface area (Å²) in [6.45, 7) is 3.40. The molecule has 2 aromatic rings. The Kier molecular flexibility index (Phi) is 5.57. The molecule has 0 spiro atoms. The topological polar surface area (TPSA) is 40.5 Å². The number of rotatable bonds is 5. The molecule has 1 fully saturated rings. The van der Waals surface area contributed by atoms with Crippen LogP contribution < -0.4 is 0 Å². The van der Waals surface area contributed by atoms with E-state index < -0.39 is 5.60 Å². The number of piperidine rings is 1. The summed E-state index contributed by atoms with van der Waals surface area (Å²) >= 11 is 5.89. The maximum absolute atomic E-state index is 12.7. The first-order valence-electron chi connectivity index (χ1n) is 8.77. The van der Waals surface area contributed by atoms with Crippen LogP contribution in [0.3, 0.4) is 0 Å². The normalized spacial score (nSPS) is 18.7. The minimum atomic E-state index is -0.680. The van der Waals surface area contributed by atoms with E-state index in [1.807, 2.05) is 25.1 Å². The number of Topliss-reactive ketones (excluding diaryl/α,β-unsaturated/α-hetero) is 1. The van der Waals surface area contributed by atoms with Gasteiger partial charge in [-0.05, 0) is 49.6 Å². The van der Waals surface area contributed by atoms with Crippen molar-refractivity contribution in [1.29, 1.82) is 0 Å². The largest absolute Gasteiger partial charge is 0.389 e. The van der Waals surface area contributed by atoms with Crippen molar-refractivity contribution >= 4 is 17.4 Å². The van der Waals surface area contributed by atoms with Crippen LogP contribution in [0.15, 0.2) is 54.6 Å². The molecule has 0 amide bonds. The van der Waals surface area contributed by atoms with E-state index in [9.17, 15) is 9.90 Å². The number of carbonyl (C=O) groups is 1. The van der Waals surface area contributed by atoms with Crippen LogP contribution >= 0.6 is 11.6 Å². The number of nitrogens with zero attached hydrogens (tertiary/aromatic N) is 1. The van der Waals surface area contributed by atoms with Crippen LogP contribution in [0.2, 0.25) is 5.02 Å². The summed E-state index contributed by atoms with van der Waals surface area (Å²) in [4.78, 5) is 14.8. The van der Waals surface area contributed by atoms with Gasteiger partial charge in [0, 0.05) is 30.1 Å². The van der Waals surface area contributed by atoms with Crippen LogP contribution in [-0.2, 0) is 6.42 Å². The van der Waals surface area contributed by atoms with Gasteiger partial charge in [-0.2, -0.15) is 0 Å². The average molecular weight is 358 g/mol. The van der Waals surface area contributed by atoms with Crippen molar-refractivity contribution in [2.45, 2.75) is 37.8 Å². The molecule has 0 aromatic heterocycles. The van der Waals surface area contributed by atoms with Crippen LogP contribution in [0.4, 0.5) is 0 Å². The SMILES string of the molecule is CC(C(=O)c1ccc(Cl)cc1)N1CCC(O)(Cc2ccccc2)CC1. The summed E-state index contributed by atoms with van der Waals surface area (Å²) < 4.78 is 0. The summed E-state index contributed by atoms with van der Waals surface area (Å²) in [5.41, 5.74) is 1.16. The lowest BCUT2D eigenvalue weighted by atomic mass is 9.84. The molecule has 1 heterocycles. The van der Waals surface area contributed by atoms with E-state index in [2.05, 4.69) is 17.0 Å². The Balaban J connectivity index is 1.59. The van der Waals surface area contributed by atoms with Crippen LogP contribution in [0, 0.1) is 0 Å². The number of halogens is 1. The van der Waals surface area contributed by atoms with Gasteiger partial charge in [0.1, 0.15) is 0 Å². The van der Waals surface area contributed by atoms with Crippen molar-refractivity contribution < 1.29 is 9.90 Å². The Morgan fingerprint density at radius 2 is 1.72 bits per heavy atom. The van der Waals surface area contributed by atoms with Crippen molar-refractivity contribution in [2.24, 2.45) is 0 Å². The Morgan fingerprint density at radius 1 is 1.12 bits per heavy atom. The molecule has 1 atom stereocenters. The fraction of sp³-hybridized carbons (Fsp3) is 0.381. The Bertz CT molecular complexity index is 706. The predicted octanol–water partition coefficient (Wildman–Crippen LogP) is 3.98. The van der Waals surface area contributed by atoms with Gasteiger partial charge in [0.25, 0.3) is 0 Å². The maximum Gasteiger partial charge on any atom is 0.179 e. The molecule has 132 valence electrons. The molecule has 1 aliphatic heterocycles. The number of carbonyl (C=O) groups excluding carboxylic acids is 1. The molecule has 3 nitrogen and oxygen atoms in total. The first-order chi connectivity index (χ1) is 12.0. The highest BCUT2D eigenvalue weighted by atomic mass is 35.5. The highest BCUT2D eigenvalue weighted by Crippen LogP contribution is 2.28. The number of ketones is 1. The zero-order valence-electron chi connectivity index (χ0n) is 14.5. The molecule has 0 saturated carbocycles. The third-order valence-electron chi connectivity index (χ3n) is 5.16. The Hall–Kier alpha value is -1.68. The average Bonchev–Trinajstić information content (AvgIpc) is 2.62. The van der Waals surface area contributed by atoms with Crippen molar-refractivity contribution in [3.05, 3.63) is 70.7 Å². The number of likely N-dealkylation sites (tertiary alicyclic amines) is 1. The lowest BCUT2D eigenvalue weighted by molar-refractivity contribution is -0.0267. The Morgan fingerprint density at radius 3 is 2.32 bits per heavy atom. The van der Waals surface area contributed by atoms with Gasteiger partial charge in [-0.15, -0.1) is 0 Å². The molecule has 1 aliphatic rings. The fourth-order valence-electron chi connectivity index (χ4n) is 3.50. The predicted molar refractivity (Wildman–Crippen MR) is 101 cm³/mol. The maximum atomic E-state index is 12.7. The first kappa shape index (κ1) is 18.1. The van der Waals surface area contributed by atoms with Crippen LogP contribution in [0.25, 0.3) is 0 Å². The molecule has 1 N–H and O–H groups in total. The van der Waals surface area contributed by atoms with Gasteiger partial charge in [0.15, 0.2) is 5.78 Å². The lowest BCUT2D eigenvalue weighted by Crippen LogP contribution is -2.50. The van der Waals surface area contributed by atoms with E-state index in [-0.39, 0.29) is 11.8 Å². The minimum absolute atomic E-state index is 0.102. The highest BCUT2D eigenvalue weighted by Gasteiger charge is 2.35. The smallest absolute Gasteiger partial charge is 0.179 e. The molecule has 0 aliphatic carbocycles. The van der Waals surface area contributed by atoms with Gasteiger partial charge < -0.3 is 5.11 Å². The molecule has 25 heavy (non-hydrogen) atoms. The summed E-state index contributed by atoms with van der Waals surface area (Å²) in [5.74, 6) is 0.102. The molecule has 3 rings (SSSR count). The number of aliphatic hydroxyl groups is 1. The standard InChI is InChI=1S/C21H24ClNO2/c1-16(20(24)18-7-9-19(22)10-8-18)23-13-11-21(25,12-14-23)15-17-5-3-2-4-6-17/h2-10,16,25H,11-15H2,1H3. The van der Waals surface area contributed by atoms with E-state index >= 15 is 0 Å². The lowest BCUT2D eigenvalue weighted by Gasteiger charge is -2.40. The fourth-order valence-corrected chi connectivity index (χ4v) is 3.63. The summed E-state index contributed by atoms with van der Waals surface area (Å²) in [6.07, 6.45) is 2.03. The monoisotopic (exact) mass is 357 g/mol. The molecular weight excluding hydrogens is 334 g/mol. The summed E-state index contributed by atoms with van der Waals surface area (Å²) in [7, 11) is 0. The van der Waals surface area contributed by atoms with Gasteiger partial charge in [-0.25, -0.2) is 0 Å². The van der Waals surface area contributed by atoms with Crippen molar-refractivity contribution in [3.63, 3.8) is 0 Å². The van der Waals surface area contributed by atoms with Gasteiger partial charge in [0.2, 0.25) is 0 Å². The van der Waals surface area contributed by atoms with Crippen LogP contribution in [-0.4, -0.2) is 40.5 Å². The summed E-state index contributed by atoms with van der Waals surface area (Å²) in [6, 6.07) is 16.9. The van der Waals surface area contributed by atoms with Gasteiger partial charge >= 0.3 is 0 Å². The van der Waals surface area contributed by atoms with Crippen LogP contribution in [0.5, 0.6) is 0 Å². The zero-order chi connectivity index (χ0) is 17.9. The molecular formula is C21H24ClNO2. The molecule has 4 heteroatoms. The quantitative estimate of drug-likeness (QED) is 0.823. The first-order valence-corrected chi connectivity index (χ1v) is 9.15. The molecule has 0 bridgehead atoms. The zero-order valence-corrected chi connectivity index (χ0v) is 15.2. The van der Waals surface area contributed by atoms with E-state index in [4.69, 9.17) is 11.6 Å². The number of hydrogen-bond acceptors (Lipinski definition) is 3. The van der Waals surface area contributed by atoms with Crippen LogP contribution in [0.1, 0.15) is 35.7 Å². The van der Waals surface area contributed by atoms with Crippen molar-refractivity contribution in [3.8, 4) is 0 Å². The molecule has 0 radical (unpaired) electrons. The van der Waals surface area contributed by atoms with Gasteiger partial charge in [0.05, 0.1) is 11.6 Å². The van der Waals surface area contributed by atoms with Crippen molar-refractivity contribution in [1.82, 2.24) is 4.90 Å². The second-order valence-corrected chi connectivity index (χ2v) is 7.41.